The molecule has 0 saturated carbocycles. The number of alkyl halides is 1. The van der Waals surface area contributed by atoms with Crippen LogP contribution in [0.3, 0.4) is 0 Å². The lowest BCUT2D eigenvalue weighted by Gasteiger charge is -2.40. The Morgan fingerprint density at radius 3 is 2.78 bits per heavy atom. The van der Waals surface area contributed by atoms with Gasteiger partial charge in [0.1, 0.15) is 0 Å². The number of benzene rings is 1. The van der Waals surface area contributed by atoms with Gasteiger partial charge in [-0.2, -0.15) is 0 Å². The van der Waals surface area contributed by atoms with Crippen molar-refractivity contribution in [3.63, 3.8) is 0 Å². The number of halogens is 1. The first kappa shape index (κ1) is 13.5. The summed E-state index contributed by atoms with van der Waals surface area (Å²) < 4.78 is 12.4. The van der Waals surface area contributed by atoms with Crippen LogP contribution in [0.4, 0.5) is 4.39 Å². The molecule has 18 heavy (non-hydrogen) atoms. The van der Waals surface area contributed by atoms with Crippen molar-refractivity contribution in [1.29, 1.82) is 0 Å². The highest BCUT2D eigenvalue weighted by Gasteiger charge is 2.27. The number of rotatable bonds is 5. The summed E-state index contributed by atoms with van der Waals surface area (Å²) in [6, 6.07) is 11.5. The first-order valence-corrected chi connectivity index (χ1v) is 6.93. The molecule has 1 aromatic rings. The quantitative estimate of drug-likeness (QED) is 0.864. The van der Waals surface area contributed by atoms with Crippen molar-refractivity contribution in [2.45, 2.75) is 31.8 Å². The monoisotopic (exact) mass is 250 g/mol. The maximum absolute atomic E-state index is 12.4. The highest BCUT2D eigenvalue weighted by atomic mass is 19.1. The molecule has 1 saturated heterocycles. The number of hydrogen-bond donors (Lipinski definition) is 1. The van der Waals surface area contributed by atoms with E-state index in [4.69, 9.17) is 0 Å². The van der Waals surface area contributed by atoms with E-state index in [-0.39, 0.29) is 6.67 Å². The van der Waals surface area contributed by atoms with Crippen molar-refractivity contribution in [2.24, 2.45) is 0 Å². The van der Waals surface area contributed by atoms with Crippen molar-refractivity contribution >= 4 is 0 Å². The third kappa shape index (κ3) is 3.30. The topological polar surface area (TPSA) is 15.3 Å². The molecule has 2 rings (SSSR count). The van der Waals surface area contributed by atoms with Gasteiger partial charge >= 0.3 is 0 Å². The van der Waals surface area contributed by atoms with Crippen LogP contribution in [-0.4, -0.2) is 37.3 Å². The molecule has 2 unspecified atom stereocenters. The van der Waals surface area contributed by atoms with E-state index in [0.29, 0.717) is 18.5 Å². The second kappa shape index (κ2) is 6.86. The standard InChI is InChI=1S/C15H23FN2/c1-2-14-12-18(10-6-9-16)15(11-17-14)13-7-4-3-5-8-13/h3-5,7-8,14-15,17H,2,6,9-12H2,1H3. The Hall–Kier alpha value is -0.930. The summed E-state index contributed by atoms with van der Waals surface area (Å²) in [7, 11) is 0. The normalized spacial score (nSPS) is 25.2. The van der Waals surface area contributed by atoms with Gasteiger partial charge in [0, 0.05) is 31.7 Å². The molecule has 1 aromatic carbocycles. The lowest BCUT2D eigenvalue weighted by atomic mass is 10.00. The fourth-order valence-corrected chi connectivity index (χ4v) is 2.67. The molecule has 3 heteroatoms. The van der Waals surface area contributed by atoms with E-state index in [2.05, 4.69) is 41.4 Å². The first-order chi connectivity index (χ1) is 8.85. The number of nitrogens with zero attached hydrogens (tertiary/aromatic N) is 1. The van der Waals surface area contributed by atoms with E-state index in [1.54, 1.807) is 0 Å². The summed E-state index contributed by atoms with van der Waals surface area (Å²) in [5, 5.41) is 3.59. The van der Waals surface area contributed by atoms with Crippen LogP contribution >= 0.6 is 0 Å². The SMILES string of the molecule is CCC1CN(CCCF)C(c2ccccc2)CN1. The zero-order valence-electron chi connectivity index (χ0n) is 11.1. The van der Waals surface area contributed by atoms with Crippen LogP contribution in [0.15, 0.2) is 30.3 Å². The molecule has 1 heterocycles. The van der Waals surface area contributed by atoms with E-state index in [1.807, 2.05) is 6.07 Å². The molecular formula is C15H23FN2. The summed E-state index contributed by atoms with van der Waals surface area (Å²) in [6.45, 7) is 4.83. The average molecular weight is 250 g/mol. The summed E-state index contributed by atoms with van der Waals surface area (Å²) in [4.78, 5) is 2.43. The summed E-state index contributed by atoms with van der Waals surface area (Å²) in [6.07, 6.45) is 1.77. The summed E-state index contributed by atoms with van der Waals surface area (Å²) in [5.74, 6) is 0. The Bertz CT molecular complexity index is 342. The van der Waals surface area contributed by atoms with Crippen LogP contribution in [0.2, 0.25) is 0 Å². The summed E-state index contributed by atoms with van der Waals surface area (Å²) in [5.41, 5.74) is 1.33. The molecule has 0 spiro atoms. The third-order valence-electron chi connectivity index (χ3n) is 3.75. The number of hydrogen-bond acceptors (Lipinski definition) is 2. The molecule has 0 aromatic heterocycles. The highest BCUT2D eigenvalue weighted by molar-refractivity contribution is 5.20. The van der Waals surface area contributed by atoms with Gasteiger partial charge in [0.25, 0.3) is 0 Å². The van der Waals surface area contributed by atoms with Gasteiger partial charge in [-0.1, -0.05) is 37.3 Å². The van der Waals surface area contributed by atoms with E-state index >= 15 is 0 Å². The smallest absolute Gasteiger partial charge is 0.0906 e. The molecule has 100 valence electrons. The lowest BCUT2D eigenvalue weighted by molar-refractivity contribution is 0.124. The van der Waals surface area contributed by atoms with Crippen LogP contribution in [0.5, 0.6) is 0 Å². The van der Waals surface area contributed by atoms with E-state index in [1.165, 1.54) is 5.56 Å². The Morgan fingerprint density at radius 1 is 1.33 bits per heavy atom. The molecule has 0 aliphatic carbocycles. The maximum Gasteiger partial charge on any atom is 0.0906 e. The molecule has 1 N–H and O–H groups in total. The minimum absolute atomic E-state index is 0.220. The van der Waals surface area contributed by atoms with Crippen LogP contribution in [-0.2, 0) is 0 Å². The Labute approximate surface area is 109 Å². The second-order valence-electron chi connectivity index (χ2n) is 4.98. The molecule has 0 radical (unpaired) electrons. The minimum atomic E-state index is -0.220. The largest absolute Gasteiger partial charge is 0.311 e. The Balaban J connectivity index is 2.07. The van der Waals surface area contributed by atoms with Crippen LogP contribution in [0.25, 0.3) is 0 Å². The average Bonchev–Trinajstić information content (AvgIpc) is 2.45. The maximum atomic E-state index is 12.4. The molecule has 0 amide bonds. The Kier molecular flexibility index (Phi) is 5.14. The van der Waals surface area contributed by atoms with Gasteiger partial charge in [0.15, 0.2) is 0 Å². The van der Waals surface area contributed by atoms with Gasteiger partial charge in [-0.3, -0.25) is 9.29 Å². The van der Waals surface area contributed by atoms with Crippen molar-refractivity contribution in [2.75, 3.05) is 26.3 Å². The third-order valence-corrected chi connectivity index (χ3v) is 3.75. The second-order valence-corrected chi connectivity index (χ2v) is 4.98. The zero-order chi connectivity index (χ0) is 12.8. The molecule has 2 nitrogen and oxygen atoms in total. The zero-order valence-corrected chi connectivity index (χ0v) is 11.1. The molecule has 1 aliphatic heterocycles. The minimum Gasteiger partial charge on any atom is -0.311 e. The van der Waals surface area contributed by atoms with Gasteiger partial charge in [0.05, 0.1) is 6.67 Å². The van der Waals surface area contributed by atoms with Crippen LogP contribution in [0.1, 0.15) is 31.4 Å². The number of nitrogens with one attached hydrogen (secondary N) is 1. The van der Waals surface area contributed by atoms with Crippen molar-refractivity contribution in [1.82, 2.24) is 10.2 Å². The Morgan fingerprint density at radius 2 is 2.11 bits per heavy atom. The van der Waals surface area contributed by atoms with Crippen molar-refractivity contribution < 1.29 is 4.39 Å². The molecule has 2 atom stereocenters. The predicted octanol–water partition coefficient (Wildman–Crippen LogP) is 2.77. The van der Waals surface area contributed by atoms with Crippen LogP contribution in [0, 0.1) is 0 Å². The first-order valence-electron chi connectivity index (χ1n) is 6.93. The van der Waals surface area contributed by atoms with E-state index in [0.717, 1.165) is 26.1 Å². The van der Waals surface area contributed by atoms with Gasteiger partial charge in [-0.15, -0.1) is 0 Å². The van der Waals surface area contributed by atoms with Crippen molar-refractivity contribution in [3.05, 3.63) is 35.9 Å². The molecule has 1 aliphatic rings. The van der Waals surface area contributed by atoms with Gasteiger partial charge in [-0.05, 0) is 18.4 Å². The summed E-state index contributed by atoms with van der Waals surface area (Å²) >= 11 is 0. The number of piperazine rings is 1. The fraction of sp³-hybridized carbons (Fsp3) is 0.600. The van der Waals surface area contributed by atoms with E-state index < -0.39 is 0 Å². The van der Waals surface area contributed by atoms with Gasteiger partial charge in [-0.25, -0.2) is 0 Å². The van der Waals surface area contributed by atoms with Crippen LogP contribution < -0.4 is 5.32 Å². The predicted molar refractivity (Wildman–Crippen MR) is 73.4 cm³/mol. The van der Waals surface area contributed by atoms with Gasteiger partial charge < -0.3 is 5.32 Å². The lowest BCUT2D eigenvalue weighted by Crippen LogP contribution is -2.52. The van der Waals surface area contributed by atoms with Gasteiger partial charge in [0.2, 0.25) is 0 Å². The van der Waals surface area contributed by atoms with Crippen molar-refractivity contribution in [3.8, 4) is 0 Å². The fourth-order valence-electron chi connectivity index (χ4n) is 2.67. The molecule has 1 fully saturated rings. The highest BCUT2D eigenvalue weighted by Crippen LogP contribution is 2.24. The van der Waals surface area contributed by atoms with E-state index in [9.17, 15) is 4.39 Å². The molecule has 0 bridgehead atoms. The molecular weight excluding hydrogens is 227 g/mol.